The molecule has 1 aromatic carbocycles. The lowest BCUT2D eigenvalue weighted by molar-refractivity contribution is -0.142. The van der Waals surface area contributed by atoms with Crippen LogP contribution in [-0.2, 0) is 14.3 Å². The first-order valence-electron chi connectivity index (χ1n) is 5.59. The summed E-state index contributed by atoms with van der Waals surface area (Å²) >= 11 is 5.74. The fraction of sp³-hybridized carbons (Fsp3) is 0.231. The van der Waals surface area contributed by atoms with Gasteiger partial charge in [0.05, 0.1) is 6.61 Å². The van der Waals surface area contributed by atoms with Gasteiger partial charge in [-0.05, 0) is 23.8 Å². The molecule has 19 heavy (non-hydrogen) atoms. The Labute approximate surface area is 115 Å². The van der Waals surface area contributed by atoms with Crippen molar-refractivity contribution in [2.75, 3.05) is 19.8 Å². The molecule has 0 atom stereocenters. The summed E-state index contributed by atoms with van der Waals surface area (Å²) in [7, 11) is 0. The molecule has 0 heterocycles. The lowest BCUT2D eigenvalue weighted by Crippen LogP contribution is -2.26. The van der Waals surface area contributed by atoms with E-state index < -0.39 is 5.97 Å². The molecule has 1 rings (SSSR count). The maximum absolute atomic E-state index is 11.4. The van der Waals surface area contributed by atoms with Gasteiger partial charge in [-0.3, -0.25) is 4.79 Å². The summed E-state index contributed by atoms with van der Waals surface area (Å²) < 4.78 is 4.77. The highest BCUT2D eigenvalue weighted by Gasteiger charge is 1.97. The molecule has 0 unspecified atom stereocenters. The zero-order valence-corrected chi connectivity index (χ0v) is 10.9. The normalized spacial score (nSPS) is 10.6. The van der Waals surface area contributed by atoms with E-state index in [1.165, 1.54) is 6.08 Å². The molecule has 0 aliphatic carbocycles. The second kappa shape index (κ2) is 8.29. The average Bonchev–Trinajstić information content (AvgIpc) is 2.37. The average molecular weight is 284 g/mol. The monoisotopic (exact) mass is 283 g/mol. The number of hydrogen-bond donors (Lipinski definition) is 2. The number of hydrogen-bond acceptors (Lipinski definition) is 3. The fourth-order valence-electron chi connectivity index (χ4n) is 1.21. The Balaban J connectivity index is 2.23. The molecular weight excluding hydrogens is 270 g/mol. The summed E-state index contributed by atoms with van der Waals surface area (Å²) in [6.45, 7) is 0.0559. The number of carboxylic acid groups (broad SMARTS) is 1. The Bertz CT molecular complexity index is 456. The Hall–Kier alpha value is -1.85. The SMILES string of the molecule is O=C(O)COCCNC(=O)C=Cc1ccc(Cl)cc1. The minimum atomic E-state index is -1.03. The quantitative estimate of drug-likeness (QED) is 0.588. The number of halogens is 1. The molecule has 0 bridgehead atoms. The van der Waals surface area contributed by atoms with E-state index in [1.807, 2.05) is 0 Å². The molecule has 0 spiro atoms. The maximum atomic E-state index is 11.4. The molecule has 0 saturated carbocycles. The molecule has 0 aliphatic heterocycles. The van der Waals surface area contributed by atoms with Crippen LogP contribution in [0, 0.1) is 0 Å². The molecule has 1 aromatic rings. The summed E-state index contributed by atoms with van der Waals surface area (Å²) in [5, 5.41) is 11.5. The molecule has 0 radical (unpaired) electrons. The van der Waals surface area contributed by atoms with Gasteiger partial charge in [0, 0.05) is 17.6 Å². The van der Waals surface area contributed by atoms with E-state index in [4.69, 9.17) is 21.4 Å². The predicted molar refractivity (Wildman–Crippen MR) is 72.0 cm³/mol. The number of aliphatic carboxylic acids is 1. The number of nitrogens with one attached hydrogen (secondary N) is 1. The van der Waals surface area contributed by atoms with Gasteiger partial charge in [-0.25, -0.2) is 4.79 Å². The Morgan fingerprint density at radius 2 is 2.00 bits per heavy atom. The van der Waals surface area contributed by atoms with E-state index in [-0.39, 0.29) is 25.7 Å². The van der Waals surface area contributed by atoms with Crippen molar-refractivity contribution in [3.05, 3.63) is 40.9 Å². The van der Waals surface area contributed by atoms with Gasteiger partial charge in [-0.15, -0.1) is 0 Å². The molecular formula is C13H14ClNO4. The molecule has 6 heteroatoms. The number of amides is 1. The summed E-state index contributed by atoms with van der Waals surface area (Å²) in [5.74, 6) is -1.30. The van der Waals surface area contributed by atoms with Gasteiger partial charge in [0.2, 0.25) is 5.91 Å². The van der Waals surface area contributed by atoms with Gasteiger partial charge in [0.15, 0.2) is 0 Å². The Kier molecular flexibility index (Phi) is 6.63. The molecule has 0 fully saturated rings. The lowest BCUT2D eigenvalue weighted by atomic mass is 10.2. The number of carboxylic acids is 1. The lowest BCUT2D eigenvalue weighted by Gasteiger charge is -2.02. The minimum Gasteiger partial charge on any atom is -0.480 e. The zero-order valence-electron chi connectivity index (χ0n) is 10.1. The van der Waals surface area contributed by atoms with E-state index in [1.54, 1.807) is 30.3 Å². The summed E-state index contributed by atoms with van der Waals surface area (Å²) in [5.41, 5.74) is 0.863. The largest absolute Gasteiger partial charge is 0.480 e. The first-order valence-corrected chi connectivity index (χ1v) is 5.97. The van der Waals surface area contributed by atoms with E-state index in [2.05, 4.69) is 5.32 Å². The molecule has 0 aromatic heterocycles. The first kappa shape index (κ1) is 15.2. The van der Waals surface area contributed by atoms with Crippen LogP contribution in [0.2, 0.25) is 5.02 Å². The van der Waals surface area contributed by atoms with E-state index in [9.17, 15) is 9.59 Å². The second-order valence-electron chi connectivity index (χ2n) is 3.62. The summed E-state index contributed by atoms with van der Waals surface area (Å²) in [6.07, 6.45) is 3.05. The zero-order chi connectivity index (χ0) is 14.1. The van der Waals surface area contributed by atoms with Crippen molar-refractivity contribution in [3.63, 3.8) is 0 Å². The van der Waals surface area contributed by atoms with Gasteiger partial charge < -0.3 is 15.2 Å². The molecule has 2 N–H and O–H groups in total. The Morgan fingerprint density at radius 1 is 1.32 bits per heavy atom. The third-order valence-corrected chi connectivity index (χ3v) is 2.32. The van der Waals surface area contributed by atoms with Crippen LogP contribution in [0.1, 0.15) is 5.56 Å². The van der Waals surface area contributed by atoms with E-state index in [0.717, 1.165) is 5.56 Å². The number of carbonyl (C=O) groups excluding carboxylic acids is 1. The number of ether oxygens (including phenoxy) is 1. The Morgan fingerprint density at radius 3 is 2.63 bits per heavy atom. The van der Waals surface area contributed by atoms with Crippen molar-refractivity contribution in [1.29, 1.82) is 0 Å². The van der Waals surface area contributed by atoms with E-state index >= 15 is 0 Å². The highest BCUT2D eigenvalue weighted by Crippen LogP contribution is 2.10. The summed E-state index contributed by atoms with van der Waals surface area (Å²) in [4.78, 5) is 21.5. The van der Waals surface area contributed by atoms with Crippen LogP contribution >= 0.6 is 11.6 Å². The van der Waals surface area contributed by atoms with Crippen LogP contribution in [0.15, 0.2) is 30.3 Å². The van der Waals surface area contributed by atoms with Crippen molar-refractivity contribution in [1.82, 2.24) is 5.32 Å². The van der Waals surface area contributed by atoms with Crippen molar-refractivity contribution in [3.8, 4) is 0 Å². The van der Waals surface area contributed by atoms with Crippen molar-refractivity contribution in [2.45, 2.75) is 0 Å². The third-order valence-electron chi connectivity index (χ3n) is 2.07. The van der Waals surface area contributed by atoms with Crippen molar-refractivity contribution < 1.29 is 19.4 Å². The molecule has 1 amide bonds. The second-order valence-corrected chi connectivity index (χ2v) is 4.06. The van der Waals surface area contributed by atoms with Gasteiger partial charge in [-0.2, -0.15) is 0 Å². The van der Waals surface area contributed by atoms with Crippen LogP contribution in [0.25, 0.3) is 6.08 Å². The summed E-state index contributed by atoms with van der Waals surface area (Å²) in [6, 6.07) is 7.06. The number of carbonyl (C=O) groups is 2. The molecule has 102 valence electrons. The molecule has 5 nitrogen and oxygen atoms in total. The van der Waals surface area contributed by atoms with Crippen LogP contribution in [0.4, 0.5) is 0 Å². The van der Waals surface area contributed by atoms with Crippen LogP contribution in [0.5, 0.6) is 0 Å². The minimum absolute atomic E-state index is 0.160. The molecule has 0 saturated heterocycles. The van der Waals surface area contributed by atoms with Crippen LogP contribution < -0.4 is 5.32 Å². The maximum Gasteiger partial charge on any atom is 0.329 e. The smallest absolute Gasteiger partial charge is 0.329 e. The fourth-order valence-corrected chi connectivity index (χ4v) is 1.34. The van der Waals surface area contributed by atoms with E-state index in [0.29, 0.717) is 5.02 Å². The first-order chi connectivity index (χ1) is 9.08. The topological polar surface area (TPSA) is 75.6 Å². The van der Waals surface area contributed by atoms with Crippen LogP contribution in [0.3, 0.4) is 0 Å². The highest BCUT2D eigenvalue weighted by atomic mass is 35.5. The highest BCUT2D eigenvalue weighted by molar-refractivity contribution is 6.30. The number of rotatable bonds is 7. The molecule has 0 aliphatic rings. The van der Waals surface area contributed by atoms with Gasteiger partial charge >= 0.3 is 5.97 Å². The predicted octanol–water partition coefficient (Wildman–Crippen LogP) is 1.57. The number of benzene rings is 1. The van der Waals surface area contributed by atoms with Crippen molar-refractivity contribution >= 4 is 29.6 Å². The third kappa shape index (κ3) is 7.23. The van der Waals surface area contributed by atoms with Crippen molar-refractivity contribution in [2.24, 2.45) is 0 Å². The standard InChI is InChI=1S/C13H14ClNO4/c14-11-4-1-10(2-5-11)3-6-12(16)15-7-8-19-9-13(17)18/h1-6H,7-9H2,(H,15,16)(H,17,18). The van der Waals surface area contributed by atoms with Gasteiger partial charge in [0.1, 0.15) is 6.61 Å². The van der Waals surface area contributed by atoms with Crippen LogP contribution in [-0.4, -0.2) is 36.7 Å². The van der Waals surface area contributed by atoms with Gasteiger partial charge in [-0.1, -0.05) is 23.7 Å². The van der Waals surface area contributed by atoms with Gasteiger partial charge in [0.25, 0.3) is 0 Å².